The highest BCUT2D eigenvalue weighted by molar-refractivity contribution is 5.83. The molecule has 0 aliphatic carbocycles. The molecule has 1 atom stereocenters. The van der Waals surface area contributed by atoms with E-state index >= 15 is 0 Å². The summed E-state index contributed by atoms with van der Waals surface area (Å²) in [4.78, 5) is 14.4. The van der Waals surface area contributed by atoms with Crippen molar-refractivity contribution >= 4 is 11.6 Å². The molecule has 2 aromatic rings. The lowest BCUT2D eigenvalue weighted by molar-refractivity contribution is -0.138. The van der Waals surface area contributed by atoms with Crippen molar-refractivity contribution in [3.8, 4) is 0 Å². The molecule has 0 spiro atoms. The van der Waals surface area contributed by atoms with Gasteiger partial charge in [0.15, 0.2) is 0 Å². The van der Waals surface area contributed by atoms with Crippen LogP contribution in [0.4, 0.5) is 18.9 Å². The summed E-state index contributed by atoms with van der Waals surface area (Å²) in [5.74, 6) is -0.441. The maximum absolute atomic E-state index is 13.6. The van der Waals surface area contributed by atoms with E-state index < -0.39 is 17.7 Å². The number of benzene rings is 1. The lowest BCUT2D eigenvalue weighted by Gasteiger charge is -2.29. The summed E-state index contributed by atoms with van der Waals surface area (Å²) in [6.07, 6.45) is -4.52. The highest BCUT2D eigenvalue weighted by Gasteiger charge is 2.34. The van der Waals surface area contributed by atoms with E-state index in [1.807, 2.05) is 4.90 Å². The maximum Gasteiger partial charge on any atom is 0.416 e. The van der Waals surface area contributed by atoms with Gasteiger partial charge in [-0.25, -0.2) is 0 Å². The molecule has 1 aromatic heterocycles. The fourth-order valence-electron chi connectivity index (χ4n) is 3.58. The largest absolute Gasteiger partial charge is 0.416 e. The molecule has 29 heavy (non-hydrogen) atoms. The van der Waals surface area contributed by atoms with Crippen LogP contribution in [0.2, 0.25) is 0 Å². The number of aryl methyl sites for hydroxylation is 2. The van der Waals surface area contributed by atoms with Gasteiger partial charge in [0.1, 0.15) is 5.76 Å². The van der Waals surface area contributed by atoms with Gasteiger partial charge in [0, 0.05) is 30.9 Å². The zero-order valence-corrected chi connectivity index (χ0v) is 16.6. The van der Waals surface area contributed by atoms with Crippen molar-refractivity contribution in [2.24, 2.45) is 0 Å². The molecule has 0 radical (unpaired) electrons. The molecular weight excluding hydrogens is 387 g/mol. The smallest absolute Gasteiger partial charge is 0.378 e. The van der Waals surface area contributed by atoms with Crippen molar-refractivity contribution in [3.05, 3.63) is 46.3 Å². The first kappa shape index (κ1) is 21.2. The predicted octanol–water partition coefficient (Wildman–Crippen LogP) is 3.57. The lowest BCUT2D eigenvalue weighted by atomic mass is 9.98. The topological polar surface area (TPSA) is 67.6 Å². The molecule has 1 unspecified atom stereocenters. The first-order valence-electron chi connectivity index (χ1n) is 9.41. The highest BCUT2D eigenvalue weighted by atomic mass is 19.4. The molecule has 0 bridgehead atoms. The number of halogens is 3. The van der Waals surface area contributed by atoms with Crippen LogP contribution in [0.25, 0.3) is 0 Å². The second-order valence-electron chi connectivity index (χ2n) is 7.12. The number of rotatable bonds is 5. The lowest BCUT2D eigenvalue weighted by Crippen LogP contribution is -2.36. The van der Waals surface area contributed by atoms with Crippen molar-refractivity contribution in [1.82, 2.24) is 10.5 Å². The van der Waals surface area contributed by atoms with E-state index in [0.717, 1.165) is 6.07 Å². The van der Waals surface area contributed by atoms with E-state index in [9.17, 15) is 18.0 Å². The van der Waals surface area contributed by atoms with Crippen LogP contribution in [-0.2, 0) is 22.3 Å². The first-order chi connectivity index (χ1) is 13.7. The van der Waals surface area contributed by atoms with Crippen molar-refractivity contribution in [1.29, 1.82) is 0 Å². The standard InChI is InChI=1S/C20H24F3N3O3/c1-12(18-13(2)25-29-14(18)3)19(27)24-11-15-4-5-16(10-17(15)20(21,22)23)26-6-8-28-9-7-26/h4-5,10,12H,6-9,11H2,1-3H3,(H,24,27). The van der Waals surface area contributed by atoms with E-state index in [1.165, 1.54) is 6.07 Å². The number of alkyl halides is 3. The van der Waals surface area contributed by atoms with Crippen molar-refractivity contribution < 1.29 is 27.2 Å². The Morgan fingerprint density at radius 3 is 2.55 bits per heavy atom. The number of morpholine rings is 1. The fourth-order valence-corrected chi connectivity index (χ4v) is 3.58. The number of ether oxygens (including phenoxy) is 1. The normalized spacial score (nSPS) is 16.0. The number of carbonyl (C=O) groups is 1. The second kappa shape index (κ2) is 8.44. The van der Waals surface area contributed by atoms with Crippen LogP contribution in [0.5, 0.6) is 0 Å². The maximum atomic E-state index is 13.6. The molecule has 1 N–H and O–H groups in total. The number of amides is 1. The molecule has 1 fully saturated rings. The Kier molecular flexibility index (Phi) is 6.16. The van der Waals surface area contributed by atoms with Gasteiger partial charge in [-0.1, -0.05) is 11.2 Å². The van der Waals surface area contributed by atoms with Gasteiger partial charge in [-0.15, -0.1) is 0 Å². The molecule has 1 saturated heterocycles. The summed E-state index contributed by atoms with van der Waals surface area (Å²) >= 11 is 0. The zero-order valence-electron chi connectivity index (χ0n) is 16.6. The van der Waals surface area contributed by atoms with E-state index in [2.05, 4.69) is 10.5 Å². The number of carbonyl (C=O) groups excluding carboxylic acids is 1. The van der Waals surface area contributed by atoms with Gasteiger partial charge in [0.05, 0.1) is 30.4 Å². The van der Waals surface area contributed by atoms with Gasteiger partial charge in [0.25, 0.3) is 0 Å². The predicted molar refractivity (Wildman–Crippen MR) is 101 cm³/mol. The Morgan fingerprint density at radius 1 is 1.28 bits per heavy atom. The number of nitrogens with one attached hydrogen (secondary N) is 1. The Hall–Kier alpha value is -2.55. The van der Waals surface area contributed by atoms with Crippen LogP contribution in [0.3, 0.4) is 0 Å². The number of nitrogens with zero attached hydrogens (tertiary/aromatic N) is 2. The quantitative estimate of drug-likeness (QED) is 0.815. The molecule has 158 valence electrons. The molecular formula is C20H24F3N3O3. The minimum Gasteiger partial charge on any atom is -0.378 e. The fraction of sp³-hybridized carbons (Fsp3) is 0.500. The first-order valence-corrected chi connectivity index (χ1v) is 9.41. The summed E-state index contributed by atoms with van der Waals surface area (Å²) in [6, 6.07) is 4.22. The van der Waals surface area contributed by atoms with Crippen LogP contribution < -0.4 is 10.2 Å². The van der Waals surface area contributed by atoms with Crippen molar-refractivity contribution in [2.45, 2.75) is 39.4 Å². The zero-order chi connectivity index (χ0) is 21.2. The van der Waals surface area contributed by atoms with E-state index in [4.69, 9.17) is 9.26 Å². The summed E-state index contributed by atoms with van der Waals surface area (Å²) in [6.45, 7) is 6.94. The minimum atomic E-state index is -4.52. The van der Waals surface area contributed by atoms with Gasteiger partial charge in [-0.3, -0.25) is 4.79 Å². The van der Waals surface area contributed by atoms with E-state index in [-0.39, 0.29) is 18.0 Å². The Labute approximate surface area is 167 Å². The molecule has 1 amide bonds. The second-order valence-corrected chi connectivity index (χ2v) is 7.12. The van der Waals surface area contributed by atoms with Gasteiger partial charge in [-0.05, 0) is 38.5 Å². The highest BCUT2D eigenvalue weighted by Crippen LogP contribution is 2.35. The molecule has 1 aromatic carbocycles. The molecule has 6 nitrogen and oxygen atoms in total. The third-order valence-electron chi connectivity index (χ3n) is 5.14. The van der Waals surface area contributed by atoms with Gasteiger partial charge < -0.3 is 19.5 Å². The monoisotopic (exact) mass is 411 g/mol. The minimum absolute atomic E-state index is 0.0221. The number of aromatic nitrogens is 1. The molecule has 1 aliphatic heterocycles. The number of anilines is 1. The van der Waals surface area contributed by atoms with E-state index in [0.29, 0.717) is 49.0 Å². The molecule has 9 heteroatoms. The van der Waals surface area contributed by atoms with Crippen molar-refractivity contribution in [2.75, 3.05) is 31.2 Å². The average Bonchev–Trinajstić information content (AvgIpc) is 3.03. The summed E-state index contributed by atoms with van der Waals surface area (Å²) in [5.41, 5.74) is 1.03. The number of hydrogen-bond donors (Lipinski definition) is 1. The van der Waals surface area contributed by atoms with Crippen LogP contribution in [0.1, 0.15) is 41.0 Å². The van der Waals surface area contributed by atoms with Gasteiger partial charge in [-0.2, -0.15) is 13.2 Å². The third kappa shape index (κ3) is 4.72. The van der Waals surface area contributed by atoms with Crippen LogP contribution in [0.15, 0.2) is 22.7 Å². The summed E-state index contributed by atoms with van der Waals surface area (Å²) in [5, 5.41) is 6.43. The van der Waals surface area contributed by atoms with Gasteiger partial charge >= 0.3 is 6.18 Å². The third-order valence-corrected chi connectivity index (χ3v) is 5.14. The number of hydrogen-bond acceptors (Lipinski definition) is 5. The van der Waals surface area contributed by atoms with Crippen LogP contribution >= 0.6 is 0 Å². The Morgan fingerprint density at radius 2 is 1.97 bits per heavy atom. The Bertz CT molecular complexity index is 854. The van der Waals surface area contributed by atoms with Crippen LogP contribution in [0, 0.1) is 13.8 Å². The summed E-state index contributed by atoms with van der Waals surface area (Å²) < 4.78 is 51.2. The van der Waals surface area contributed by atoms with E-state index in [1.54, 1.807) is 26.8 Å². The van der Waals surface area contributed by atoms with Gasteiger partial charge in [0.2, 0.25) is 5.91 Å². The molecule has 0 saturated carbocycles. The molecule has 3 rings (SSSR count). The summed E-state index contributed by atoms with van der Waals surface area (Å²) in [7, 11) is 0. The molecule has 1 aliphatic rings. The molecule has 2 heterocycles. The van der Waals surface area contributed by atoms with Crippen LogP contribution in [-0.4, -0.2) is 37.4 Å². The SMILES string of the molecule is Cc1noc(C)c1C(C)C(=O)NCc1ccc(N2CCOCC2)cc1C(F)(F)F. The Balaban J connectivity index is 1.76. The van der Waals surface area contributed by atoms with Crippen molar-refractivity contribution in [3.63, 3.8) is 0 Å². The average molecular weight is 411 g/mol.